The van der Waals surface area contributed by atoms with Crippen molar-refractivity contribution < 1.29 is 13.9 Å². The number of carbonyl (C=O) groups excluding carboxylic acids is 1. The number of methoxy groups -OCH3 is 1. The molecular weight excluding hydrogens is 328 g/mol. The van der Waals surface area contributed by atoms with Gasteiger partial charge < -0.3 is 19.8 Å². The average Bonchev–Trinajstić information content (AvgIpc) is 3.08. The van der Waals surface area contributed by atoms with E-state index in [-0.39, 0.29) is 18.3 Å². The summed E-state index contributed by atoms with van der Waals surface area (Å²) in [5, 5.41) is 5.99. The van der Waals surface area contributed by atoms with Crippen LogP contribution in [0.2, 0.25) is 0 Å². The van der Waals surface area contributed by atoms with Gasteiger partial charge in [0.1, 0.15) is 5.76 Å². The molecular formula is C18H25ClN2O3. The zero-order chi connectivity index (χ0) is 16.5. The normalized spacial score (nSPS) is 10.2. The minimum atomic E-state index is -0.199. The van der Waals surface area contributed by atoms with Crippen molar-refractivity contribution in [3.05, 3.63) is 47.7 Å². The summed E-state index contributed by atoms with van der Waals surface area (Å²) in [5.74, 6) is 0.836. The van der Waals surface area contributed by atoms with E-state index in [1.165, 1.54) is 5.56 Å². The van der Waals surface area contributed by atoms with Crippen LogP contribution in [0.3, 0.4) is 0 Å². The molecule has 1 aromatic carbocycles. The first-order valence-electron chi connectivity index (χ1n) is 7.91. The van der Waals surface area contributed by atoms with Gasteiger partial charge in [-0.05, 0) is 24.1 Å². The summed E-state index contributed by atoms with van der Waals surface area (Å²) in [6, 6.07) is 11.7. The zero-order valence-electron chi connectivity index (χ0n) is 14.1. The van der Waals surface area contributed by atoms with Crippen molar-refractivity contribution in [2.24, 2.45) is 0 Å². The highest BCUT2D eigenvalue weighted by molar-refractivity contribution is 5.92. The van der Waals surface area contributed by atoms with Crippen LogP contribution in [0.25, 0.3) is 11.3 Å². The van der Waals surface area contributed by atoms with E-state index in [0.29, 0.717) is 31.2 Å². The Labute approximate surface area is 149 Å². The molecule has 0 radical (unpaired) electrons. The second-order valence-electron chi connectivity index (χ2n) is 5.21. The van der Waals surface area contributed by atoms with Crippen molar-refractivity contribution in [2.75, 3.05) is 33.4 Å². The number of ether oxygens (including phenoxy) is 1. The highest BCUT2D eigenvalue weighted by atomic mass is 35.5. The molecule has 0 atom stereocenters. The van der Waals surface area contributed by atoms with Crippen LogP contribution in [-0.2, 0) is 11.2 Å². The van der Waals surface area contributed by atoms with Gasteiger partial charge in [-0.2, -0.15) is 0 Å². The molecule has 24 heavy (non-hydrogen) atoms. The molecule has 1 aromatic heterocycles. The number of rotatable bonds is 9. The van der Waals surface area contributed by atoms with Crippen LogP contribution in [-0.4, -0.2) is 39.3 Å². The van der Waals surface area contributed by atoms with Crippen molar-refractivity contribution >= 4 is 18.3 Å². The number of hydrogen-bond acceptors (Lipinski definition) is 4. The highest BCUT2D eigenvalue weighted by Gasteiger charge is 2.11. The third-order valence-corrected chi connectivity index (χ3v) is 3.55. The molecule has 0 aliphatic heterocycles. The lowest BCUT2D eigenvalue weighted by atomic mass is 10.1. The number of nitrogens with one attached hydrogen (secondary N) is 2. The topological polar surface area (TPSA) is 63.5 Å². The molecule has 0 aliphatic carbocycles. The minimum absolute atomic E-state index is 0. The maximum Gasteiger partial charge on any atom is 0.287 e. The zero-order valence-corrected chi connectivity index (χ0v) is 14.9. The molecule has 0 bridgehead atoms. The predicted molar refractivity (Wildman–Crippen MR) is 97.8 cm³/mol. The molecule has 132 valence electrons. The predicted octanol–water partition coefficient (Wildman–Crippen LogP) is 2.90. The van der Waals surface area contributed by atoms with Crippen LogP contribution in [0.4, 0.5) is 0 Å². The SMILES string of the molecule is CCc1ccc(-c2ccc(C(=O)NCCNCCOC)o2)cc1.Cl. The number of amides is 1. The van der Waals surface area contributed by atoms with Crippen LogP contribution in [0.15, 0.2) is 40.8 Å². The van der Waals surface area contributed by atoms with Crippen molar-refractivity contribution in [1.82, 2.24) is 10.6 Å². The third kappa shape index (κ3) is 6.00. The van der Waals surface area contributed by atoms with E-state index in [0.717, 1.165) is 18.5 Å². The van der Waals surface area contributed by atoms with E-state index in [9.17, 15) is 4.79 Å². The van der Waals surface area contributed by atoms with Gasteiger partial charge in [0.05, 0.1) is 6.61 Å². The van der Waals surface area contributed by atoms with Gasteiger partial charge in [0.25, 0.3) is 5.91 Å². The first kappa shape index (κ1) is 20.2. The molecule has 5 nitrogen and oxygen atoms in total. The molecule has 1 heterocycles. The van der Waals surface area contributed by atoms with Gasteiger partial charge in [-0.3, -0.25) is 4.79 Å². The second kappa shape index (κ2) is 10.9. The summed E-state index contributed by atoms with van der Waals surface area (Å²) >= 11 is 0. The van der Waals surface area contributed by atoms with Crippen LogP contribution in [0.1, 0.15) is 23.0 Å². The van der Waals surface area contributed by atoms with Crippen molar-refractivity contribution in [3.63, 3.8) is 0 Å². The first-order valence-corrected chi connectivity index (χ1v) is 7.91. The summed E-state index contributed by atoms with van der Waals surface area (Å²) in [7, 11) is 1.66. The molecule has 6 heteroatoms. The smallest absolute Gasteiger partial charge is 0.287 e. The number of benzene rings is 1. The van der Waals surface area contributed by atoms with E-state index in [4.69, 9.17) is 9.15 Å². The van der Waals surface area contributed by atoms with Crippen LogP contribution in [0, 0.1) is 0 Å². The number of hydrogen-bond donors (Lipinski definition) is 2. The van der Waals surface area contributed by atoms with Gasteiger partial charge >= 0.3 is 0 Å². The summed E-state index contributed by atoms with van der Waals surface area (Å²) in [6.45, 7) is 4.79. The fourth-order valence-electron chi connectivity index (χ4n) is 2.17. The third-order valence-electron chi connectivity index (χ3n) is 3.55. The molecule has 2 N–H and O–H groups in total. The van der Waals surface area contributed by atoms with E-state index in [2.05, 4.69) is 29.7 Å². The molecule has 1 amide bonds. The Morgan fingerprint density at radius 3 is 2.50 bits per heavy atom. The Morgan fingerprint density at radius 1 is 1.08 bits per heavy atom. The average molecular weight is 353 g/mol. The lowest BCUT2D eigenvalue weighted by Gasteiger charge is -2.05. The van der Waals surface area contributed by atoms with Gasteiger partial charge in [-0.25, -0.2) is 0 Å². The maximum atomic E-state index is 12.0. The van der Waals surface area contributed by atoms with E-state index >= 15 is 0 Å². The van der Waals surface area contributed by atoms with E-state index in [1.54, 1.807) is 13.2 Å². The monoisotopic (exact) mass is 352 g/mol. The molecule has 0 spiro atoms. The van der Waals surface area contributed by atoms with Crippen LogP contribution < -0.4 is 10.6 Å². The van der Waals surface area contributed by atoms with E-state index < -0.39 is 0 Å². The standard InChI is InChI=1S/C18H24N2O3.ClH/c1-3-14-4-6-15(7-5-14)16-8-9-17(23-16)18(21)20-11-10-19-12-13-22-2;/h4-9,19H,3,10-13H2,1-2H3,(H,20,21);1H. The second-order valence-corrected chi connectivity index (χ2v) is 5.21. The first-order chi connectivity index (χ1) is 11.2. The van der Waals surface area contributed by atoms with Crippen molar-refractivity contribution in [2.45, 2.75) is 13.3 Å². The van der Waals surface area contributed by atoms with Crippen LogP contribution >= 0.6 is 12.4 Å². The number of carbonyl (C=O) groups is 1. The Kier molecular flexibility index (Phi) is 9.15. The molecule has 0 unspecified atom stereocenters. The molecule has 0 saturated heterocycles. The maximum absolute atomic E-state index is 12.0. The lowest BCUT2D eigenvalue weighted by molar-refractivity contribution is 0.0927. The Bertz CT molecular complexity index is 611. The van der Waals surface area contributed by atoms with Gasteiger partial charge in [-0.15, -0.1) is 12.4 Å². The van der Waals surface area contributed by atoms with Gasteiger partial charge in [0.15, 0.2) is 5.76 Å². The highest BCUT2D eigenvalue weighted by Crippen LogP contribution is 2.22. The Hall–Kier alpha value is -1.82. The van der Waals surface area contributed by atoms with Gasteiger partial charge in [0.2, 0.25) is 0 Å². The summed E-state index contributed by atoms with van der Waals surface area (Å²) < 4.78 is 10.6. The summed E-state index contributed by atoms with van der Waals surface area (Å²) in [4.78, 5) is 12.0. The largest absolute Gasteiger partial charge is 0.451 e. The number of aryl methyl sites for hydroxylation is 1. The molecule has 0 aliphatic rings. The summed E-state index contributed by atoms with van der Waals surface area (Å²) in [6.07, 6.45) is 1.00. The van der Waals surface area contributed by atoms with Crippen molar-refractivity contribution in [1.29, 1.82) is 0 Å². The van der Waals surface area contributed by atoms with Crippen molar-refractivity contribution in [3.8, 4) is 11.3 Å². The summed E-state index contributed by atoms with van der Waals surface area (Å²) in [5.41, 5.74) is 2.25. The number of halogens is 1. The lowest BCUT2D eigenvalue weighted by Crippen LogP contribution is -2.32. The molecule has 0 fully saturated rings. The molecule has 2 rings (SSSR count). The van der Waals surface area contributed by atoms with Gasteiger partial charge in [-0.1, -0.05) is 31.2 Å². The molecule has 0 saturated carbocycles. The molecule has 2 aromatic rings. The van der Waals surface area contributed by atoms with Gasteiger partial charge in [0, 0.05) is 32.3 Å². The fraction of sp³-hybridized carbons (Fsp3) is 0.389. The quantitative estimate of drug-likeness (QED) is 0.681. The Morgan fingerprint density at radius 2 is 1.83 bits per heavy atom. The Balaban J connectivity index is 0.00000288. The van der Waals surface area contributed by atoms with Crippen LogP contribution in [0.5, 0.6) is 0 Å². The van der Waals surface area contributed by atoms with E-state index in [1.807, 2.05) is 18.2 Å². The fourth-order valence-corrected chi connectivity index (χ4v) is 2.17. The minimum Gasteiger partial charge on any atom is -0.451 e. The number of furan rings is 1.